The van der Waals surface area contributed by atoms with Gasteiger partial charge < -0.3 is 9.64 Å². The van der Waals surface area contributed by atoms with Crippen molar-refractivity contribution in [2.24, 2.45) is 0 Å². The lowest BCUT2D eigenvalue weighted by atomic mass is 10.1. The fourth-order valence-corrected chi connectivity index (χ4v) is 5.60. The van der Waals surface area contributed by atoms with E-state index in [0.29, 0.717) is 24.3 Å². The average molecular weight is 426 g/mol. The van der Waals surface area contributed by atoms with Crippen molar-refractivity contribution >= 4 is 28.8 Å². The number of benzene rings is 1. The molecule has 1 aromatic carbocycles. The number of amides is 2. The molecule has 7 heteroatoms. The minimum Gasteiger partial charge on any atom is -0.376 e. The SMILES string of the molecule is Cc1ccsc1CN1CCN(c2cccc3c2C(=O)N(C[C@H]2CCCO2)C3=O)CC1. The predicted molar refractivity (Wildman–Crippen MR) is 117 cm³/mol. The summed E-state index contributed by atoms with van der Waals surface area (Å²) >= 11 is 1.82. The van der Waals surface area contributed by atoms with Gasteiger partial charge in [-0.05, 0) is 48.9 Å². The first-order valence-electron chi connectivity index (χ1n) is 10.7. The Morgan fingerprint density at radius 1 is 1.10 bits per heavy atom. The summed E-state index contributed by atoms with van der Waals surface area (Å²) < 4.78 is 5.66. The first-order chi connectivity index (χ1) is 14.6. The smallest absolute Gasteiger partial charge is 0.263 e. The number of aryl methyl sites for hydroxylation is 1. The van der Waals surface area contributed by atoms with Crippen molar-refractivity contribution in [3.8, 4) is 0 Å². The Morgan fingerprint density at radius 2 is 1.93 bits per heavy atom. The lowest BCUT2D eigenvalue weighted by Gasteiger charge is -2.36. The summed E-state index contributed by atoms with van der Waals surface area (Å²) in [7, 11) is 0. The molecule has 30 heavy (non-hydrogen) atoms. The van der Waals surface area contributed by atoms with Crippen molar-refractivity contribution in [2.45, 2.75) is 32.4 Å². The van der Waals surface area contributed by atoms with Gasteiger partial charge in [-0.25, -0.2) is 0 Å². The van der Waals surface area contributed by atoms with E-state index in [2.05, 4.69) is 28.2 Å². The van der Waals surface area contributed by atoms with Gasteiger partial charge in [0.1, 0.15) is 0 Å². The van der Waals surface area contributed by atoms with Crippen LogP contribution in [-0.2, 0) is 11.3 Å². The quantitative estimate of drug-likeness (QED) is 0.689. The number of anilines is 1. The van der Waals surface area contributed by atoms with Gasteiger partial charge in [0, 0.05) is 44.2 Å². The van der Waals surface area contributed by atoms with E-state index in [1.807, 2.05) is 23.5 Å². The molecule has 2 fully saturated rings. The lowest BCUT2D eigenvalue weighted by molar-refractivity contribution is 0.0475. The summed E-state index contributed by atoms with van der Waals surface area (Å²) in [5.41, 5.74) is 3.36. The van der Waals surface area contributed by atoms with Gasteiger partial charge in [-0.15, -0.1) is 11.3 Å². The number of piperazine rings is 1. The van der Waals surface area contributed by atoms with Gasteiger partial charge in [0.2, 0.25) is 0 Å². The van der Waals surface area contributed by atoms with Crippen molar-refractivity contribution < 1.29 is 14.3 Å². The van der Waals surface area contributed by atoms with E-state index >= 15 is 0 Å². The molecule has 1 atom stereocenters. The molecule has 0 unspecified atom stereocenters. The van der Waals surface area contributed by atoms with Gasteiger partial charge in [-0.3, -0.25) is 19.4 Å². The molecule has 6 nitrogen and oxygen atoms in total. The summed E-state index contributed by atoms with van der Waals surface area (Å²) in [6.07, 6.45) is 1.88. The summed E-state index contributed by atoms with van der Waals surface area (Å²) in [5.74, 6) is -0.350. The van der Waals surface area contributed by atoms with E-state index in [0.717, 1.165) is 51.3 Å². The Balaban J connectivity index is 1.30. The van der Waals surface area contributed by atoms with E-state index in [9.17, 15) is 9.59 Å². The molecule has 0 spiro atoms. The van der Waals surface area contributed by atoms with E-state index in [4.69, 9.17) is 4.74 Å². The number of nitrogens with zero attached hydrogens (tertiary/aromatic N) is 3. The standard InChI is InChI=1S/C23H27N3O3S/c1-16-7-13-30-20(16)15-24-8-10-25(11-9-24)19-6-2-5-18-21(19)23(28)26(22(18)27)14-17-4-3-12-29-17/h2,5-7,13,17H,3-4,8-12,14-15H2,1H3/t17-/m1/s1. The molecule has 0 bridgehead atoms. The molecule has 0 radical (unpaired) electrons. The van der Waals surface area contributed by atoms with Crippen LogP contribution in [0.25, 0.3) is 0 Å². The largest absolute Gasteiger partial charge is 0.376 e. The predicted octanol–water partition coefficient (Wildman–Crippen LogP) is 3.15. The van der Waals surface area contributed by atoms with Gasteiger partial charge in [0.15, 0.2) is 0 Å². The second kappa shape index (κ2) is 8.13. The maximum absolute atomic E-state index is 13.2. The van der Waals surface area contributed by atoms with Crippen LogP contribution in [0.5, 0.6) is 0 Å². The normalized spacial score (nSPS) is 22.2. The number of fused-ring (bicyclic) bond motifs is 1. The minimum atomic E-state index is -0.181. The monoisotopic (exact) mass is 425 g/mol. The fraction of sp³-hybridized carbons (Fsp3) is 0.478. The summed E-state index contributed by atoms with van der Waals surface area (Å²) in [6, 6.07) is 7.84. The molecule has 1 aromatic heterocycles. The number of carbonyl (C=O) groups is 2. The van der Waals surface area contributed by atoms with Crippen LogP contribution in [0.1, 0.15) is 44.0 Å². The maximum atomic E-state index is 13.2. The van der Waals surface area contributed by atoms with Crippen LogP contribution in [0.2, 0.25) is 0 Å². The second-order valence-electron chi connectivity index (χ2n) is 8.35. The number of imide groups is 1. The molecule has 5 rings (SSSR count). The summed E-state index contributed by atoms with van der Waals surface area (Å²) in [4.78, 5) is 33.6. The van der Waals surface area contributed by atoms with Crippen molar-refractivity contribution in [1.29, 1.82) is 0 Å². The number of thiophene rings is 1. The fourth-order valence-electron chi connectivity index (χ4n) is 4.65. The van der Waals surface area contributed by atoms with E-state index < -0.39 is 0 Å². The number of carbonyl (C=O) groups excluding carboxylic acids is 2. The Labute approximate surface area is 181 Å². The third-order valence-corrected chi connectivity index (χ3v) is 7.44. The molecule has 2 amide bonds. The average Bonchev–Trinajstić information content (AvgIpc) is 3.47. The van der Waals surface area contributed by atoms with Gasteiger partial charge in [0.05, 0.1) is 29.5 Å². The molecule has 2 saturated heterocycles. The minimum absolute atomic E-state index is 0.0279. The van der Waals surface area contributed by atoms with E-state index in [-0.39, 0.29) is 17.9 Å². The van der Waals surface area contributed by atoms with Crippen molar-refractivity contribution in [2.75, 3.05) is 44.2 Å². The summed E-state index contributed by atoms with van der Waals surface area (Å²) in [5, 5.41) is 2.15. The van der Waals surface area contributed by atoms with Crippen LogP contribution >= 0.6 is 11.3 Å². The van der Waals surface area contributed by atoms with Crippen LogP contribution in [0.4, 0.5) is 5.69 Å². The second-order valence-corrected chi connectivity index (χ2v) is 9.35. The third-order valence-electron chi connectivity index (χ3n) is 6.44. The maximum Gasteiger partial charge on any atom is 0.263 e. The highest BCUT2D eigenvalue weighted by molar-refractivity contribution is 7.10. The zero-order valence-corrected chi connectivity index (χ0v) is 18.1. The van der Waals surface area contributed by atoms with E-state index in [1.165, 1.54) is 15.3 Å². The molecule has 2 aromatic rings. The van der Waals surface area contributed by atoms with Crippen LogP contribution in [0.15, 0.2) is 29.6 Å². The van der Waals surface area contributed by atoms with Crippen molar-refractivity contribution in [3.05, 3.63) is 51.2 Å². The van der Waals surface area contributed by atoms with Gasteiger partial charge in [-0.2, -0.15) is 0 Å². The number of hydrogen-bond acceptors (Lipinski definition) is 6. The van der Waals surface area contributed by atoms with Crippen molar-refractivity contribution in [1.82, 2.24) is 9.80 Å². The highest BCUT2D eigenvalue weighted by Gasteiger charge is 2.40. The van der Waals surface area contributed by atoms with Gasteiger partial charge >= 0.3 is 0 Å². The van der Waals surface area contributed by atoms with Crippen LogP contribution in [0.3, 0.4) is 0 Å². The summed E-state index contributed by atoms with van der Waals surface area (Å²) in [6.45, 7) is 7.83. The topological polar surface area (TPSA) is 53.1 Å². The molecular formula is C23H27N3O3S. The molecule has 0 aliphatic carbocycles. The Bertz CT molecular complexity index is 958. The Morgan fingerprint density at radius 3 is 2.63 bits per heavy atom. The van der Waals surface area contributed by atoms with E-state index in [1.54, 1.807) is 6.07 Å². The number of ether oxygens (including phenoxy) is 1. The number of hydrogen-bond donors (Lipinski definition) is 0. The highest BCUT2D eigenvalue weighted by atomic mass is 32.1. The van der Waals surface area contributed by atoms with Crippen molar-refractivity contribution in [3.63, 3.8) is 0 Å². The van der Waals surface area contributed by atoms with Gasteiger partial charge in [-0.1, -0.05) is 6.07 Å². The third kappa shape index (κ3) is 3.55. The zero-order valence-electron chi connectivity index (χ0n) is 17.3. The molecule has 0 N–H and O–H groups in total. The molecule has 3 aliphatic rings. The van der Waals surface area contributed by atoms with Gasteiger partial charge in [0.25, 0.3) is 11.8 Å². The molecular weight excluding hydrogens is 398 g/mol. The van der Waals surface area contributed by atoms with Crippen LogP contribution in [-0.4, -0.2) is 67.0 Å². The number of rotatable bonds is 5. The van der Waals surface area contributed by atoms with Crippen LogP contribution in [0, 0.1) is 6.92 Å². The molecule has 0 saturated carbocycles. The lowest BCUT2D eigenvalue weighted by Crippen LogP contribution is -2.46. The molecule has 158 valence electrons. The molecule has 3 aliphatic heterocycles. The van der Waals surface area contributed by atoms with Crippen LogP contribution < -0.4 is 4.90 Å². The molecule has 4 heterocycles. The zero-order chi connectivity index (χ0) is 20.7. The first-order valence-corrected chi connectivity index (χ1v) is 11.6. The Hall–Kier alpha value is -2.22. The highest BCUT2D eigenvalue weighted by Crippen LogP contribution is 2.33. The Kier molecular flexibility index (Phi) is 5.35. The first kappa shape index (κ1) is 19.7.